The minimum Gasteiger partial charge on any atom is -0.463 e. The summed E-state index contributed by atoms with van der Waals surface area (Å²) >= 11 is 0. The maximum Gasteiger partial charge on any atom is 0.332 e. The zero-order valence-corrected chi connectivity index (χ0v) is 12.8. The van der Waals surface area contributed by atoms with Crippen molar-refractivity contribution in [1.82, 2.24) is 15.1 Å². The number of hydrogen-bond acceptors (Lipinski definition) is 6. The predicted molar refractivity (Wildman–Crippen MR) is 76.9 cm³/mol. The highest BCUT2D eigenvalue weighted by Crippen LogP contribution is 2.20. The van der Waals surface area contributed by atoms with Gasteiger partial charge in [-0.15, -0.1) is 0 Å². The summed E-state index contributed by atoms with van der Waals surface area (Å²) in [4.78, 5) is 33.6. The Labute approximate surface area is 127 Å². The molecule has 9 heteroatoms. The lowest BCUT2D eigenvalue weighted by Crippen LogP contribution is -2.31. The lowest BCUT2D eigenvalue weighted by Gasteiger charge is -2.14. The van der Waals surface area contributed by atoms with E-state index in [1.54, 1.807) is 20.8 Å². The van der Waals surface area contributed by atoms with Crippen molar-refractivity contribution in [3.8, 4) is 0 Å². The van der Waals surface area contributed by atoms with Gasteiger partial charge in [0.2, 0.25) is 5.91 Å². The highest BCUT2D eigenvalue weighted by molar-refractivity contribution is 5.86. The molecule has 0 radical (unpaired) electrons. The number of carbonyl (C=O) groups excluding carboxylic acids is 2. The van der Waals surface area contributed by atoms with Crippen molar-refractivity contribution in [2.24, 2.45) is 0 Å². The normalized spacial score (nSPS) is 12.6. The summed E-state index contributed by atoms with van der Waals surface area (Å²) in [5.41, 5.74) is 0.438. The summed E-state index contributed by atoms with van der Waals surface area (Å²) in [7, 11) is 0. The fourth-order valence-corrected chi connectivity index (χ4v) is 1.79. The summed E-state index contributed by atoms with van der Waals surface area (Å²) in [6.07, 6.45) is 2.26. The standard InChI is InChI=1S/C13H18N4O5/c1-5-22-12(18)6-8(2)15-13(19)10(4)16-9(3)11(7-14-16)17(20)21/h6-7,10H,5H2,1-4H3,(H,15,19)/b8-6+. The van der Waals surface area contributed by atoms with Gasteiger partial charge in [0.25, 0.3) is 0 Å². The largest absolute Gasteiger partial charge is 0.463 e. The molecule has 0 aliphatic carbocycles. The number of aromatic nitrogens is 2. The molecule has 0 aromatic carbocycles. The number of amides is 1. The van der Waals surface area contributed by atoms with E-state index in [4.69, 9.17) is 4.74 Å². The van der Waals surface area contributed by atoms with Crippen molar-refractivity contribution in [1.29, 1.82) is 0 Å². The van der Waals surface area contributed by atoms with E-state index in [2.05, 4.69) is 10.4 Å². The molecule has 0 saturated heterocycles. The van der Waals surface area contributed by atoms with Gasteiger partial charge in [0, 0.05) is 11.8 Å². The molecular formula is C13H18N4O5. The number of ether oxygens (including phenoxy) is 1. The summed E-state index contributed by atoms with van der Waals surface area (Å²) in [6.45, 7) is 6.52. The molecule has 1 rings (SSSR count). The average molecular weight is 310 g/mol. The van der Waals surface area contributed by atoms with Gasteiger partial charge in [-0.05, 0) is 27.7 Å². The second-order valence-electron chi connectivity index (χ2n) is 4.56. The lowest BCUT2D eigenvalue weighted by molar-refractivity contribution is -0.385. The number of allylic oxidation sites excluding steroid dienone is 1. The molecule has 1 atom stereocenters. The van der Waals surface area contributed by atoms with Crippen LogP contribution in [-0.4, -0.2) is 33.2 Å². The fourth-order valence-electron chi connectivity index (χ4n) is 1.79. The Balaban J connectivity index is 2.81. The first-order chi connectivity index (χ1) is 10.3. The molecule has 9 nitrogen and oxygen atoms in total. The van der Waals surface area contributed by atoms with Gasteiger partial charge in [-0.2, -0.15) is 5.10 Å². The smallest absolute Gasteiger partial charge is 0.332 e. The number of nitrogens with one attached hydrogen (secondary N) is 1. The van der Waals surface area contributed by atoms with Gasteiger partial charge in [0.15, 0.2) is 0 Å². The van der Waals surface area contributed by atoms with E-state index >= 15 is 0 Å². The van der Waals surface area contributed by atoms with E-state index in [-0.39, 0.29) is 18.0 Å². The highest BCUT2D eigenvalue weighted by atomic mass is 16.6. The van der Waals surface area contributed by atoms with Gasteiger partial charge in [-0.3, -0.25) is 19.6 Å². The van der Waals surface area contributed by atoms with Gasteiger partial charge in [-0.1, -0.05) is 0 Å². The molecule has 0 aliphatic rings. The Hall–Kier alpha value is -2.71. The molecule has 0 bridgehead atoms. The van der Waals surface area contributed by atoms with Gasteiger partial charge >= 0.3 is 11.7 Å². The number of nitrogens with zero attached hydrogens (tertiary/aromatic N) is 3. The molecule has 1 amide bonds. The van der Waals surface area contributed by atoms with Crippen LogP contribution < -0.4 is 5.32 Å². The van der Waals surface area contributed by atoms with Gasteiger partial charge in [0.05, 0.1) is 11.5 Å². The second kappa shape index (κ2) is 7.34. The van der Waals surface area contributed by atoms with E-state index in [1.807, 2.05) is 0 Å². The minimum atomic E-state index is -0.765. The molecule has 0 spiro atoms. The van der Waals surface area contributed by atoms with Crippen molar-refractivity contribution in [3.05, 3.63) is 33.8 Å². The number of hydrogen-bond donors (Lipinski definition) is 1. The van der Waals surface area contributed by atoms with Crippen molar-refractivity contribution in [2.45, 2.75) is 33.7 Å². The van der Waals surface area contributed by atoms with E-state index in [1.165, 1.54) is 11.6 Å². The van der Waals surface area contributed by atoms with Gasteiger partial charge < -0.3 is 10.1 Å². The fraction of sp³-hybridized carbons (Fsp3) is 0.462. The SMILES string of the molecule is CCOC(=O)/C=C(\C)NC(=O)C(C)n1ncc([N+](=O)[O-])c1C. The molecule has 1 unspecified atom stereocenters. The van der Waals surface area contributed by atoms with E-state index in [0.717, 1.165) is 12.3 Å². The third-order valence-electron chi connectivity index (χ3n) is 2.90. The minimum absolute atomic E-state index is 0.154. The Morgan fingerprint density at radius 2 is 2.23 bits per heavy atom. The average Bonchev–Trinajstić information content (AvgIpc) is 2.79. The lowest BCUT2D eigenvalue weighted by atomic mass is 10.3. The van der Waals surface area contributed by atoms with E-state index < -0.39 is 22.8 Å². The van der Waals surface area contributed by atoms with Crippen LogP contribution in [0, 0.1) is 17.0 Å². The predicted octanol–water partition coefficient (Wildman–Crippen LogP) is 1.24. The maximum atomic E-state index is 12.1. The monoisotopic (exact) mass is 310 g/mol. The van der Waals surface area contributed by atoms with Crippen molar-refractivity contribution in [3.63, 3.8) is 0 Å². The number of carbonyl (C=O) groups is 2. The van der Waals surface area contributed by atoms with Crippen LogP contribution in [-0.2, 0) is 14.3 Å². The zero-order chi connectivity index (χ0) is 16.9. The van der Waals surface area contributed by atoms with Crippen LogP contribution in [0.2, 0.25) is 0 Å². The molecule has 0 aliphatic heterocycles. The first kappa shape index (κ1) is 17.3. The number of esters is 1. The third kappa shape index (κ3) is 4.14. The molecule has 22 heavy (non-hydrogen) atoms. The molecule has 120 valence electrons. The van der Waals surface area contributed by atoms with Crippen LogP contribution in [0.25, 0.3) is 0 Å². The molecule has 1 aromatic rings. The number of rotatable bonds is 6. The van der Waals surface area contributed by atoms with Gasteiger partial charge in [0.1, 0.15) is 17.9 Å². The zero-order valence-electron chi connectivity index (χ0n) is 12.8. The molecular weight excluding hydrogens is 292 g/mol. The van der Waals surface area contributed by atoms with Gasteiger partial charge in [-0.25, -0.2) is 4.79 Å². The first-order valence-electron chi connectivity index (χ1n) is 6.62. The van der Waals surface area contributed by atoms with Crippen LogP contribution in [0.4, 0.5) is 5.69 Å². The Morgan fingerprint density at radius 1 is 1.59 bits per heavy atom. The van der Waals surface area contributed by atoms with Crippen molar-refractivity contribution < 1.29 is 19.2 Å². The van der Waals surface area contributed by atoms with Crippen LogP contribution >= 0.6 is 0 Å². The molecule has 1 aromatic heterocycles. The number of nitro groups is 1. The Bertz CT molecular complexity index is 620. The van der Waals surface area contributed by atoms with Crippen molar-refractivity contribution in [2.75, 3.05) is 6.61 Å². The second-order valence-corrected chi connectivity index (χ2v) is 4.56. The van der Waals surface area contributed by atoms with Crippen molar-refractivity contribution >= 4 is 17.6 Å². The quantitative estimate of drug-likeness (QED) is 0.366. The summed E-state index contributed by atoms with van der Waals surface area (Å²) < 4.78 is 5.98. The third-order valence-corrected chi connectivity index (χ3v) is 2.90. The van der Waals surface area contributed by atoms with Crippen LogP contribution in [0.1, 0.15) is 32.5 Å². The molecule has 1 heterocycles. The summed E-state index contributed by atoms with van der Waals surface area (Å²) in [5, 5.41) is 17.2. The summed E-state index contributed by atoms with van der Waals surface area (Å²) in [5.74, 6) is -1.00. The first-order valence-corrected chi connectivity index (χ1v) is 6.62. The van der Waals surface area contributed by atoms with E-state index in [0.29, 0.717) is 5.70 Å². The topological polar surface area (TPSA) is 116 Å². The van der Waals surface area contributed by atoms with E-state index in [9.17, 15) is 19.7 Å². The van der Waals surface area contributed by atoms with Crippen LogP contribution in [0.5, 0.6) is 0 Å². The molecule has 0 saturated carbocycles. The van der Waals surface area contributed by atoms with Crippen LogP contribution in [0.3, 0.4) is 0 Å². The Morgan fingerprint density at radius 3 is 2.73 bits per heavy atom. The molecule has 1 N–H and O–H groups in total. The molecule has 0 fully saturated rings. The highest BCUT2D eigenvalue weighted by Gasteiger charge is 2.23. The summed E-state index contributed by atoms with van der Waals surface area (Å²) in [6, 6.07) is -0.765. The Kier molecular flexibility index (Phi) is 5.79. The maximum absolute atomic E-state index is 12.1. The van der Waals surface area contributed by atoms with Crippen LogP contribution in [0.15, 0.2) is 18.0 Å².